The highest BCUT2D eigenvalue weighted by Crippen LogP contribution is 2.42. The summed E-state index contributed by atoms with van der Waals surface area (Å²) in [6, 6.07) is 0. The summed E-state index contributed by atoms with van der Waals surface area (Å²) < 4.78 is 3.95. The van der Waals surface area contributed by atoms with Crippen molar-refractivity contribution < 1.29 is 29.6 Å². The Bertz CT molecular complexity index is 284. The predicted molar refractivity (Wildman–Crippen MR) is 47.9 cm³/mol. The van der Waals surface area contributed by atoms with Crippen molar-refractivity contribution in [3.63, 3.8) is 0 Å². The molecular formula is C9H12O6. The van der Waals surface area contributed by atoms with Gasteiger partial charge in [0.05, 0.1) is 18.6 Å². The fourth-order valence-corrected chi connectivity index (χ4v) is 1.37. The van der Waals surface area contributed by atoms with Crippen LogP contribution in [-0.2, 0) is 9.53 Å². The third-order valence-corrected chi connectivity index (χ3v) is 2.21. The molecule has 1 aliphatic rings. The third kappa shape index (κ3) is 3.34. The van der Waals surface area contributed by atoms with Gasteiger partial charge >= 0.3 is 12.1 Å². The van der Waals surface area contributed by atoms with Crippen molar-refractivity contribution in [3.05, 3.63) is 12.2 Å². The van der Waals surface area contributed by atoms with Crippen molar-refractivity contribution in [2.45, 2.75) is 12.5 Å². The molecule has 0 aromatic heterocycles. The molecule has 1 fully saturated rings. The molecule has 0 aromatic rings. The molecule has 3 atom stereocenters. The van der Waals surface area contributed by atoms with E-state index in [4.69, 9.17) is 10.2 Å². The Labute approximate surface area is 85.8 Å². The van der Waals surface area contributed by atoms with Gasteiger partial charge in [-0.3, -0.25) is 4.79 Å². The number of carboxylic acid groups (broad SMARTS) is 1. The molecule has 1 rings (SSSR count). The smallest absolute Gasteiger partial charge is 0.449 e. The Hall–Kier alpha value is -1.40. The van der Waals surface area contributed by atoms with Gasteiger partial charge in [-0.2, -0.15) is 0 Å². The second-order valence-electron chi connectivity index (χ2n) is 3.29. The first-order chi connectivity index (χ1) is 7.06. The Morgan fingerprint density at radius 1 is 1.53 bits per heavy atom. The summed E-state index contributed by atoms with van der Waals surface area (Å²) in [5.74, 6) is -1.69. The van der Waals surface area contributed by atoms with Gasteiger partial charge in [0.2, 0.25) is 0 Å². The molecule has 6 nitrogen and oxygen atoms in total. The van der Waals surface area contributed by atoms with Gasteiger partial charge in [0.25, 0.3) is 0 Å². The molecule has 0 radical (unpaired) electrons. The van der Waals surface area contributed by atoms with E-state index in [9.17, 15) is 14.7 Å². The molecule has 0 aromatic carbocycles. The van der Waals surface area contributed by atoms with Crippen LogP contribution in [0.3, 0.4) is 0 Å². The number of aliphatic hydroxyl groups is 2. The van der Waals surface area contributed by atoms with Crippen LogP contribution in [0, 0.1) is 11.8 Å². The molecule has 0 spiro atoms. The fraction of sp³-hybridized carbons (Fsp3) is 0.556. The molecule has 0 bridgehead atoms. The lowest BCUT2D eigenvalue weighted by Crippen LogP contribution is -2.16. The highest BCUT2D eigenvalue weighted by atomic mass is 16.7. The van der Waals surface area contributed by atoms with Crippen LogP contribution in [-0.4, -0.2) is 40.2 Å². The van der Waals surface area contributed by atoms with E-state index in [1.165, 1.54) is 12.2 Å². The van der Waals surface area contributed by atoms with E-state index in [1.54, 1.807) is 0 Å². The summed E-state index contributed by atoms with van der Waals surface area (Å²) in [5.41, 5.74) is 0. The van der Waals surface area contributed by atoms with Crippen LogP contribution in [0.4, 0.5) is 4.79 Å². The minimum atomic E-state index is -1.63. The van der Waals surface area contributed by atoms with Crippen LogP contribution in [0.1, 0.15) is 6.42 Å². The number of rotatable bonds is 4. The number of ether oxygens (including phenoxy) is 1. The Morgan fingerprint density at radius 2 is 2.20 bits per heavy atom. The molecule has 1 aliphatic carbocycles. The summed E-state index contributed by atoms with van der Waals surface area (Å²) in [5, 5.41) is 26.0. The van der Waals surface area contributed by atoms with Gasteiger partial charge in [0.15, 0.2) is 0 Å². The largest absolute Gasteiger partial charge is 0.513 e. The topological polar surface area (TPSA) is 104 Å². The van der Waals surface area contributed by atoms with Crippen LogP contribution in [0.15, 0.2) is 12.2 Å². The summed E-state index contributed by atoms with van der Waals surface area (Å²) in [6.45, 7) is -0.186. The second-order valence-corrected chi connectivity index (χ2v) is 3.29. The van der Waals surface area contributed by atoms with Crippen LogP contribution in [0.2, 0.25) is 0 Å². The van der Waals surface area contributed by atoms with E-state index in [0.717, 1.165) is 0 Å². The lowest BCUT2D eigenvalue weighted by atomic mass is 10.2. The number of hydrogen-bond acceptors (Lipinski definition) is 5. The molecular weight excluding hydrogens is 204 g/mol. The van der Waals surface area contributed by atoms with E-state index in [0.29, 0.717) is 6.42 Å². The number of carbonyl (C=O) groups excluding carboxylic acids is 1. The summed E-state index contributed by atoms with van der Waals surface area (Å²) >= 11 is 0. The molecule has 15 heavy (non-hydrogen) atoms. The average Bonchev–Trinajstić information content (AvgIpc) is 2.92. The van der Waals surface area contributed by atoms with Crippen molar-refractivity contribution in [2.24, 2.45) is 11.8 Å². The highest BCUT2D eigenvalue weighted by Gasteiger charge is 2.48. The van der Waals surface area contributed by atoms with Gasteiger partial charge in [-0.05, 0) is 6.42 Å². The number of carbonyl (C=O) groups is 2. The van der Waals surface area contributed by atoms with E-state index in [2.05, 4.69) is 4.74 Å². The van der Waals surface area contributed by atoms with Crippen molar-refractivity contribution in [2.75, 3.05) is 6.61 Å². The zero-order chi connectivity index (χ0) is 11.4. The standard InChI is InChI=1S/C9H12O6/c10-3-1-2-7(11)5-4-6(5)8(12)15-9(13)14/h1-2,5-7,10-11H,3-4H2,(H,13,14). The minimum absolute atomic E-state index is 0.186. The van der Waals surface area contributed by atoms with Gasteiger partial charge in [-0.25, -0.2) is 4.79 Å². The molecule has 84 valence electrons. The molecule has 0 heterocycles. The third-order valence-electron chi connectivity index (χ3n) is 2.21. The molecule has 3 unspecified atom stereocenters. The lowest BCUT2D eigenvalue weighted by Gasteiger charge is -2.02. The van der Waals surface area contributed by atoms with Gasteiger partial charge < -0.3 is 20.1 Å². The minimum Gasteiger partial charge on any atom is -0.449 e. The average molecular weight is 216 g/mol. The van der Waals surface area contributed by atoms with Gasteiger partial charge in [-0.15, -0.1) is 0 Å². The van der Waals surface area contributed by atoms with Gasteiger partial charge in [0, 0.05) is 5.92 Å². The van der Waals surface area contributed by atoms with Crippen LogP contribution in [0.5, 0.6) is 0 Å². The van der Waals surface area contributed by atoms with Crippen LogP contribution < -0.4 is 0 Å². The van der Waals surface area contributed by atoms with E-state index >= 15 is 0 Å². The predicted octanol–water partition coefficient (Wildman–Crippen LogP) is -0.247. The molecule has 1 saturated carbocycles. The van der Waals surface area contributed by atoms with E-state index in [1.807, 2.05) is 0 Å². The zero-order valence-corrected chi connectivity index (χ0v) is 7.87. The quantitative estimate of drug-likeness (QED) is 0.340. The van der Waals surface area contributed by atoms with E-state index in [-0.39, 0.29) is 12.5 Å². The van der Waals surface area contributed by atoms with Crippen molar-refractivity contribution in [3.8, 4) is 0 Å². The summed E-state index contributed by atoms with van der Waals surface area (Å²) in [4.78, 5) is 21.1. The lowest BCUT2D eigenvalue weighted by molar-refractivity contribution is -0.141. The molecule has 0 amide bonds. The maximum absolute atomic E-state index is 11.0. The number of hydrogen-bond donors (Lipinski definition) is 3. The number of aliphatic hydroxyl groups excluding tert-OH is 2. The Kier molecular flexibility index (Phi) is 3.81. The maximum Gasteiger partial charge on any atom is 0.513 e. The first kappa shape index (κ1) is 11.7. The first-order valence-corrected chi connectivity index (χ1v) is 4.46. The van der Waals surface area contributed by atoms with Crippen molar-refractivity contribution in [1.82, 2.24) is 0 Å². The second kappa shape index (κ2) is 4.90. The summed E-state index contributed by atoms with van der Waals surface area (Å²) in [6.07, 6.45) is 0.666. The van der Waals surface area contributed by atoms with Crippen LogP contribution in [0.25, 0.3) is 0 Å². The van der Waals surface area contributed by atoms with Crippen molar-refractivity contribution in [1.29, 1.82) is 0 Å². The Balaban J connectivity index is 2.36. The van der Waals surface area contributed by atoms with Crippen molar-refractivity contribution >= 4 is 12.1 Å². The number of esters is 1. The van der Waals surface area contributed by atoms with E-state index < -0.39 is 24.1 Å². The molecule has 0 aliphatic heterocycles. The normalized spacial score (nSPS) is 26.3. The maximum atomic E-state index is 11.0. The summed E-state index contributed by atoms with van der Waals surface area (Å²) in [7, 11) is 0. The SMILES string of the molecule is O=C(O)OC(=O)C1CC1C(O)C=CCO. The first-order valence-electron chi connectivity index (χ1n) is 4.46. The zero-order valence-electron chi connectivity index (χ0n) is 7.87. The molecule has 3 N–H and O–H groups in total. The fourth-order valence-electron chi connectivity index (χ4n) is 1.37. The molecule has 6 heteroatoms. The highest BCUT2D eigenvalue weighted by molar-refractivity contribution is 5.84. The monoisotopic (exact) mass is 216 g/mol. The van der Waals surface area contributed by atoms with Gasteiger partial charge in [-0.1, -0.05) is 12.2 Å². The van der Waals surface area contributed by atoms with Gasteiger partial charge in [0.1, 0.15) is 0 Å². The van der Waals surface area contributed by atoms with Crippen LogP contribution >= 0.6 is 0 Å². The Morgan fingerprint density at radius 3 is 2.73 bits per heavy atom. The molecule has 0 saturated heterocycles.